The highest BCUT2D eigenvalue weighted by Gasteiger charge is 2.13. The third kappa shape index (κ3) is 3.76. The Morgan fingerprint density at radius 3 is 2.64 bits per heavy atom. The molecule has 0 aliphatic heterocycles. The number of hydrogen-bond donors (Lipinski definition) is 1. The molecule has 0 aromatic heterocycles. The summed E-state index contributed by atoms with van der Waals surface area (Å²) in [5.74, 6) is 0.0632. The summed E-state index contributed by atoms with van der Waals surface area (Å²) in [7, 11) is 1.52. The maximum atomic E-state index is 13.8. The van der Waals surface area contributed by atoms with Crippen LogP contribution in [0.15, 0.2) is 40.9 Å². The first kappa shape index (κ1) is 16.3. The summed E-state index contributed by atoms with van der Waals surface area (Å²) in [6, 6.07) is 9.22. The first-order valence-electron chi connectivity index (χ1n) is 6.62. The van der Waals surface area contributed by atoms with E-state index in [4.69, 9.17) is 9.47 Å². The maximum absolute atomic E-state index is 13.8. The number of methoxy groups -OCH3 is 1. The average molecular weight is 368 g/mol. The van der Waals surface area contributed by atoms with Crippen molar-refractivity contribution >= 4 is 27.5 Å². The first-order chi connectivity index (χ1) is 10.5. The Hall–Kier alpha value is -2.08. The highest BCUT2D eigenvalue weighted by atomic mass is 79.9. The molecule has 0 heterocycles. The van der Waals surface area contributed by atoms with E-state index in [0.29, 0.717) is 28.1 Å². The van der Waals surface area contributed by atoms with E-state index in [1.54, 1.807) is 24.3 Å². The third-order valence-corrected chi connectivity index (χ3v) is 3.40. The monoisotopic (exact) mass is 367 g/mol. The molecule has 0 saturated carbocycles. The van der Waals surface area contributed by atoms with Crippen LogP contribution in [-0.4, -0.2) is 19.6 Å². The largest absolute Gasteiger partial charge is 0.493 e. The molecule has 0 aliphatic rings. The molecule has 4 nitrogen and oxygen atoms in total. The summed E-state index contributed by atoms with van der Waals surface area (Å²) in [4.78, 5) is 12.2. The lowest BCUT2D eigenvalue weighted by Crippen LogP contribution is -2.13. The number of carbonyl (C=O) groups is 1. The van der Waals surface area contributed by atoms with E-state index in [9.17, 15) is 9.18 Å². The molecule has 0 bridgehead atoms. The van der Waals surface area contributed by atoms with Crippen molar-refractivity contribution < 1.29 is 18.7 Å². The fourth-order valence-electron chi connectivity index (χ4n) is 1.87. The van der Waals surface area contributed by atoms with Gasteiger partial charge >= 0.3 is 0 Å². The Morgan fingerprint density at radius 1 is 1.23 bits per heavy atom. The van der Waals surface area contributed by atoms with Crippen molar-refractivity contribution in [3.63, 3.8) is 0 Å². The fraction of sp³-hybridized carbons (Fsp3) is 0.188. The van der Waals surface area contributed by atoms with Gasteiger partial charge in [-0.1, -0.05) is 15.9 Å². The van der Waals surface area contributed by atoms with Gasteiger partial charge in [-0.05, 0) is 43.3 Å². The van der Waals surface area contributed by atoms with E-state index in [2.05, 4.69) is 21.2 Å². The highest BCUT2D eigenvalue weighted by Crippen LogP contribution is 2.28. The van der Waals surface area contributed by atoms with E-state index >= 15 is 0 Å². The normalized spacial score (nSPS) is 10.2. The van der Waals surface area contributed by atoms with Gasteiger partial charge < -0.3 is 14.8 Å². The second-order valence-corrected chi connectivity index (χ2v) is 5.29. The Morgan fingerprint density at radius 2 is 2.00 bits per heavy atom. The zero-order chi connectivity index (χ0) is 16.1. The van der Waals surface area contributed by atoms with E-state index in [1.807, 2.05) is 6.92 Å². The van der Waals surface area contributed by atoms with Crippen molar-refractivity contribution in [1.82, 2.24) is 0 Å². The van der Waals surface area contributed by atoms with E-state index < -0.39 is 11.7 Å². The molecular weight excluding hydrogens is 353 g/mol. The standard InChI is InChI=1S/C16H15BrFNO3/c1-3-22-15-8-10(4-7-14(15)21-2)16(20)19-13-6-5-11(17)9-12(13)18/h4-9H,3H2,1-2H3,(H,19,20). The molecule has 116 valence electrons. The minimum absolute atomic E-state index is 0.113. The molecule has 6 heteroatoms. The van der Waals surface area contributed by atoms with Crippen LogP contribution >= 0.6 is 15.9 Å². The van der Waals surface area contributed by atoms with Gasteiger partial charge in [0.25, 0.3) is 5.91 Å². The van der Waals surface area contributed by atoms with Crippen LogP contribution in [0, 0.1) is 5.82 Å². The van der Waals surface area contributed by atoms with Crippen LogP contribution in [0.5, 0.6) is 11.5 Å². The number of carbonyl (C=O) groups excluding carboxylic acids is 1. The molecular formula is C16H15BrFNO3. The fourth-order valence-corrected chi connectivity index (χ4v) is 2.20. The number of halogens is 2. The minimum atomic E-state index is -0.513. The number of ether oxygens (including phenoxy) is 2. The zero-order valence-corrected chi connectivity index (χ0v) is 13.7. The lowest BCUT2D eigenvalue weighted by molar-refractivity contribution is 0.102. The number of anilines is 1. The van der Waals surface area contributed by atoms with Crippen LogP contribution < -0.4 is 14.8 Å². The summed E-state index contributed by atoms with van der Waals surface area (Å²) in [6.45, 7) is 2.28. The molecule has 0 spiro atoms. The van der Waals surface area contributed by atoms with Gasteiger partial charge in [0.05, 0.1) is 19.4 Å². The van der Waals surface area contributed by atoms with E-state index in [1.165, 1.54) is 19.2 Å². The third-order valence-electron chi connectivity index (χ3n) is 2.90. The summed E-state index contributed by atoms with van der Waals surface area (Å²) < 4.78 is 24.9. The van der Waals surface area contributed by atoms with Crippen LogP contribution in [0.1, 0.15) is 17.3 Å². The molecule has 0 saturated heterocycles. The van der Waals surface area contributed by atoms with Crippen molar-refractivity contribution in [1.29, 1.82) is 0 Å². The summed E-state index contributed by atoms with van der Waals surface area (Å²) in [5.41, 5.74) is 0.466. The predicted molar refractivity (Wildman–Crippen MR) is 86.2 cm³/mol. The molecule has 0 unspecified atom stereocenters. The maximum Gasteiger partial charge on any atom is 0.255 e. The SMILES string of the molecule is CCOc1cc(C(=O)Nc2ccc(Br)cc2F)ccc1OC. The topological polar surface area (TPSA) is 47.6 Å². The van der Waals surface area contributed by atoms with Crippen LogP contribution in [-0.2, 0) is 0 Å². The van der Waals surface area contributed by atoms with Gasteiger partial charge in [-0.15, -0.1) is 0 Å². The molecule has 0 aliphatic carbocycles. The molecule has 0 fully saturated rings. The molecule has 1 amide bonds. The molecule has 0 atom stereocenters. The minimum Gasteiger partial charge on any atom is -0.493 e. The lowest BCUT2D eigenvalue weighted by Gasteiger charge is -2.11. The highest BCUT2D eigenvalue weighted by molar-refractivity contribution is 9.10. The van der Waals surface area contributed by atoms with Gasteiger partial charge in [0, 0.05) is 10.0 Å². The number of amides is 1. The van der Waals surface area contributed by atoms with Gasteiger partial charge in [-0.3, -0.25) is 4.79 Å². The van der Waals surface area contributed by atoms with Gasteiger partial charge in [0.2, 0.25) is 0 Å². The van der Waals surface area contributed by atoms with Crippen LogP contribution in [0.4, 0.5) is 10.1 Å². The van der Waals surface area contributed by atoms with Crippen molar-refractivity contribution in [2.75, 3.05) is 19.0 Å². The molecule has 2 aromatic rings. The van der Waals surface area contributed by atoms with Crippen LogP contribution in [0.3, 0.4) is 0 Å². The van der Waals surface area contributed by atoms with Crippen molar-refractivity contribution in [2.45, 2.75) is 6.92 Å². The average Bonchev–Trinajstić information content (AvgIpc) is 2.50. The molecule has 2 rings (SSSR count). The zero-order valence-electron chi connectivity index (χ0n) is 12.2. The molecule has 0 radical (unpaired) electrons. The number of hydrogen-bond acceptors (Lipinski definition) is 3. The molecule has 1 N–H and O–H groups in total. The molecule has 2 aromatic carbocycles. The Bertz CT molecular complexity index is 691. The number of benzene rings is 2. The molecule has 22 heavy (non-hydrogen) atoms. The van der Waals surface area contributed by atoms with E-state index in [-0.39, 0.29) is 5.69 Å². The number of rotatable bonds is 5. The lowest BCUT2D eigenvalue weighted by atomic mass is 10.1. The first-order valence-corrected chi connectivity index (χ1v) is 7.41. The van der Waals surface area contributed by atoms with Gasteiger partial charge in [0.1, 0.15) is 5.82 Å². The second-order valence-electron chi connectivity index (χ2n) is 4.38. The summed E-state index contributed by atoms with van der Waals surface area (Å²) in [6.07, 6.45) is 0. The Kier molecular flexibility index (Phi) is 5.38. The van der Waals surface area contributed by atoms with E-state index in [0.717, 1.165) is 0 Å². The Labute approximate surface area is 136 Å². The van der Waals surface area contributed by atoms with Gasteiger partial charge in [-0.25, -0.2) is 4.39 Å². The smallest absolute Gasteiger partial charge is 0.255 e. The quantitative estimate of drug-likeness (QED) is 0.859. The van der Waals surface area contributed by atoms with Crippen LogP contribution in [0.2, 0.25) is 0 Å². The predicted octanol–water partition coefficient (Wildman–Crippen LogP) is 4.25. The second kappa shape index (κ2) is 7.26. The Balaban J connectivity index is 2.23. The van der Waals surface area contributed by atoms with Crippen molar-refractivity contribution in [3.05, 3.63) is 52.3 Å². The van der Waals surface area contributed by atoms with Crippen molar-refractivity contribution in [2.24, 2.45) is 0 Å². The van der Waals surface area contributed by atoms with Gasteiger partial charge in [0.15, 0.2) is 11.5 Å². The number of nitrogens with one attached hydrogen (secondary N) is 1. The van der Waals surface area contributed by atoms with Gasteiger partial charge in [-0.2, -0.15) is 0 Å². The van der Waals surface area contributed by atoms with Crippen molar-refractivity contribution in [3.8, 4) is 11.5 Å². The summed E-state index contributed by atoms with van der Waals surface area (Å²) in [5, 5.41) is 2.53. The van der Waals surface area contributed by atoms with Crippen LogP contribution in [0.25, 0.3) is 0 Å². The summed E-state index contributed by atoms with van der Waals surface area (Å²) >= 11 is 3.17.